The minimum atomic E-state index is 0.350. The van der Waals surface area contributed by atoms with Gasteiger partial charge in [-0.3, -0.25) is 0 Å². The summed E-state index contributed by atoms with van der Waals surface area (Å²) in [6.45, 7) is 0. The maximum absolute atomic E-state index is 12.7. The number of aromatic nitrogens is 4. The highest BCUT2D eigenvalue weighted by Gasteiger charge is 2.35. The molecular weight excluding hydrogens is 965 g/mol. The highest BCUT2D eigenvalue weighted by Crippen LogP contribution is 2.53. The fourth-order valence-corrected chi connectivity index (χ4v) is 13.5. The Hall–Kier alpha value is -11.1. The molecule has 79 heavy (non-hydrogen) atoms. The van der Waals surface area contributed by atoms with Gasteiger partial charge < -0.3 is 22.7 Å². The van der Waals surface area contributed by atoms with Gasteiger partial charge in [0, 0.05) is 54.3 Å². The molecule has 17 aromatic rings. The highest BCUT2D eigenvalue weighted by atomic mass is 16.3. The number of nitrogens with zero attached hydrogens (tertiary/aromatic N) is 6. The molecule has 0 aliphatic rings. The molecule has 0 unspecified atom stereocenters. The molecule has 0 aliphatic carbocycles. The zero-order chi connectivity index (χ0) is 52.0. The first kappa shape index (κ1) is 43.2. The Morgan fingerprint density at radius 2 is 0.722 bits per heavy atom. The van der Waals surface area contributed by atoms with Crippen LogP contribution < -0.4 is 0 Å². The Balaban J connectivity index is 1.20. The quantitative estimate of drug-likeness (QED) is 0.172. The van der Waals surface area contributed by atoms with Crippen LogP contribution in [0.2, 0.25) is 0 Å². The predicted molar refractivity (Wildman–Crippen MR) is 323 cm³/mol. The minimum Gasteiger partial charge on any atom is -0.455 e. The van der Waals surface area contributed by atoms with Crippen LogP contribution in [0.4, 0.5) is 0 Å². The van der Waals surface area contributed by atoms with Gasteiger partial charge in [0.05, 0.1) is 72.0 Å². The van der Waals surface area contributed by atoms with Crippen LogP contribution in [0.25, 0.3) is 154 Å². The van der Waals surface area contributed by atoms with Crippen molar-refractivity contribution in [2.75, 3.05) is 0 Å². The van der Waals surface area contributed by atoms with Crippen molar-refractivity contribution in [1.82, 2.24) is 18.3 Å². The zero-order valence-electron chi connectivity index (χ0n) is 42.2. The van der Waals surface area contributed by atoms with Gasteiger partial charge in [0.1, 0.15) is 34.4 Å². The van der Waals surface area contributed by atoms with Gasteiger partial charge >= 0.3 is 0 Å². The number of hydrogen-bond acceptors (Lipinski definition) is 3. The zero-order valence-corrected chi connectivity index (χ0v) is 42.2. The van der Waals surface area contributed by atoms with Crippen LogP contribution in [-0.4, -0.2) is 18.3 Å². The Morgan fingerprint density at radius 1 is 0.316 bits per heavy atom. The van der Waals surface area contributed by atoms with Crippen molar-refractivity contribution in [3.05, 3.63) is 254 Å². The van der Waals surface area contributed by atoms with Crippen molar-refractivity contribution in [1.29, 1.82) is 10.5 Å². The van der Waals surface area contributed by atoms with Crippen LogP contribution in [0, 0.1) is 22.7 Å². The number of nitriles is 2. The lowest BCUT2D eigenvalue weighted by atomic mass is 9.90. The minimum absolute atomic E-state index is 0.350. The lowest BCUT2D eigenvalue weighted by molar-refractivity contribution is 0.673. The van der Waals surface area contributed by atoms with Gasteiger partial charge in [0.25, 0.3) is 0 Å². The van der Waals surface area contributed by atoms with Gasteiger partial charge in [-0.2, -0.15) is 10.5 Å². The van der Waals surface area contributed by atoms with E-state index in [1.165, 1.54) is 0 Å². The van der Waals surface area contributed by atoms with Gasteiger partial charge in [-0.1, -0.05) is 182 Å². The smallest absolute Gasteiger partial charge is 0.147 e. The van der Waals surface area contributed by atoms with Crippen molar-refractivity contribution >= 4 is 120 Å². The van der Waals surface area contributed by atoms with Crippen LogP contribution in [0.3, 0.4) is 0 Å². The molecule has 0 fully saturated rings. The Bertz CT molecular complexity index is 5330. The third-order valence-electron chi connectivity index (χ3n) is 16.6. The van der Waals surface area contributed by atoms with Crippen LogP contribution in [0.1, 0.15) is 11.1 Å². The monoisotopic (exact) mass is 1000 g/mol. The molecule has 0 saturated carbocycles. The van der Waals surface area contributed by atoms with E-state index in [2.05, 4.69) is 255 Å². The molecule has 0 amide bonds. The molecule has 0 bridgehead atoms. The van der Waals surface area contributed by atoms with E-state index in [1.54, 1.807) is 0 Å². The molecule has 17 rings (SSSR count). The van der Waals surface area contributed by atoms with E-state index in [0.717, 1.165) is 137 Å². The summed E-state index contributed by atoms with van der Waals surface area (Å²) in [5.41, 5.74) is 14.0. The SMILES string of the molecule is N#Cc1c(-n2c3ccccc3c3ccccc32)c(-c2ccc3ccccc3c2)c(-n2c3ccccc3c3ccccc32)c(C#N)c1-n1c2ccccc2c2c3oc4ccccc4c3c3c(c4ccccc4n3-c3ccccc3)c21. The maximum Gasteiger partial charge on any atom is 0.147 e. The summed E-state index contributed by atoms with van der Waals surface area (Å²) in [7, 11) is 0. The molecule has 7 nitrogen and oxygen atoms in total. The summed E-state index contributed by atoms with van der Waals surface area (Å²) in [6.07, 6.45) is 0. The third kappa shape index (κ3) is 5.72. The number of fused-ring (bicyclic) bond motifs is 19. The van der Waals surface area contributed by atoms with Crippen LogP contribution >= 0.6 is 0 Å². The van der Waals surface area contributed by atoms with E-state index >= 15 is 0 Å². The molecule has 0 atom stereocenters. The lowest BCUT2D eigenvalue weighted by Crippen LogP contribution is -2.14. The van der Waals surface area contributed by atoms with Crippen molar-refractivity contribution < 1.29 is 4.42 Å². The lowest BCUT2D eigenvalue weighted by Gasteiger charge is -2.26. The first-order valence-electron chi connectivity index (χ1n) is 26.6. The van der Waals surface area contributed by atoms with E-state index in [0.29, 0.717) is 28.2 Å². The van der Waals surface area contributed by atoms with Gasteiger partial charge in [0.15, 0.2) is 0 Å². The number of hydrogen-bond donors (Lipinski definition) is 0. The molecule has 0 radical (unpaired) electrons. The van der Waals surface area contributed by atoms with E-state index < -0.39 is 0 Å². The molecular formula is C72H40N6O. The fourth-order valence-electron chi connectivity index (χ4n) is 13.5. The van der Waals surface area contributed by atoms with E-state index in [-0.39, 0.29) is 0 Å². The summed E-state index contributed by atoms with van der Waals surface area (Å²) >= 11 is 0. The Kier molecular flexibility index (Phi) is 8.85. The van der Waals surface area contributed by atoms with Crippen LogP contribution in [-0.2, 0) is 0 Å². The maximum atomic E-state index is 12.7. The highest BCUT2D eigenvalue weighted by molar-refractivity contribution is 6.39. The molecule has 12 aromatic carbocycles. The van der Waals surface area contributed by atoms with Crippen LogP contribution in [0.15, 0.2) is 247 Å². The second kappa shape index (κ2) is 16.2. The van der Waals surface area contributed by atoms with Gasteiger partial charge in [-0.15, -0.1) is 0 Å². The average Bonchev–Trinajstić information content (AvgIpc) is 3.29. The summed E-state index contributed by atoms with van der Waals surface area (Å²) in [6, 6.07) is 90.5. The van der Waals surface area contributed by atoms with Crippen LogP contribution in [0.5, 0.6) is 0 Å². The molecule has 0 spiro atoms. The molecule has 7 heteroatoms. The molecule has 0 N–H and O–H groups in total. The number of para-hydroxylation sites is 8. The molecule has 5 aromatic heterocycles. The Morgan fingerprint density at radius 3 is 1.27 bits per heavy atom. The molecule has 364 valence electrons. The third-order valence-corrected chi connectivity index (χ3v) is 16.6. The van der Waals surface area contributed by atoms with E-state index in [4.69, 9.17) is 4.42 Å². The molecule has 5 heterocycles. The standard InChI is InChI=1S/C72H40N6O/c73-41-54-67(78-61-36-18-11-29-52(61)65-71(78)64-51-28-10-17-35-60(51)75(46-22-2-1-3-23-46)70(64)66-53-30-12-19-37-62(53)79-72(65)66)55(42-74)69(77-58-33-15-8-26-49(58)50-27-9-16-34-59(50)77)63(45-39-38-43-20-4-5-21-44(43)40-45)68(54)76-56-31-13-6-24-47(56)48-25-7-14-32-57(48)76/h1-40H. The van der Waals surface area contributed by atoms with Gasteiger partial charge in [-0.25, -0.2) is 0 Å². The van der Waals surface area contributed by atoms with Crippen molar-refractivity contribution in [2.45, 2.75) is 0 Å². The first-order valence-corrected chi connectivity index (χ1v) is 26.6. The largest absolute Gasteiger partial charge is 0.455 e. The topological polar surface area (TPSA) is 80.4 Å². The van der Waals surface area contributed by atoms with Crippen molar-refractivity contribution in [3.63, 3.8) is 0 Å². The van der Waals surface area contributed by atoms with Gasteiger partial charge in [0.2, 0.25) is 0 Å². The van der Waals surface area contributed by atoms with Crippen molar-refractivity contribution in [3.8, 4) is 46.0 Å². The number of rotatable bonds is 5. The summed E-state index contributed by atoms with van der Waals surface area (Å²) < 4.78 is 16.4. The van der Waals surface area contributed by atoms with E-state index in [9.17, 15) is 10.5 Å². The predicted octanol–water partition coefficient (Wildman–Crippen LogP) is 18.5. The normalized spacial score (nSPS) is 12.0. The summed E-state index contributed by atoms with van der Waals surface area (Å²) in [4.78, 5) is 0. The van der Waals surface area contributed by atoms with E-state index in [1.807, 2.05) is 18.2 Å². The Labute approximate surface area is 450 Å². The second-order valence-corrected chi connectivity index (χ2v) is 20.5. The number of furan rings is 1. The molecule has 0 saturated heterocycles. The summed E-state index contributed by atoms with van der Waals surface area (Å²) in [5.74, 6) is 0. The van der Waals surface area contributed by atoms with Crippen molar-refractivity contribution in [2.24, 2.45) is 0 Å². The first-order chi connectivity index (χ1) is 39.2. The fraction of sp³-hybridized carbons (Fsp3) is 0. The number of benzene rings is 12. The molecule has 0 aliphatic heterocycles. The van der Waals surface area contributed by atoms with Gasteiger partial charge in [-0.05, 0) is 77.0 Å². The second-order valence-electron chi connectivity index (χ2n) is 20.5. The average molecular weight is 1010 g/mol. The summed E-state index contributed by atoms with van der Waals surface area (Å²) in [5, 5.41) is 37.6.